The van der Waals surface area contributed by atoms with Gasteiger partial charge in [-0.2, -0.15) is 5.26 Å². The molecule has 2 atom stereocenters. The van der Waals surface area contributed by atoms with E-state index >= 15 is 0 Å². The first-order valence-electron chi connectivity index (χ1n) is 10.3. The van der Waals surface area contributed by atoms with Crippen molar-refractivity contribution < 1.29 is 4.79 Å². The van der Waals surface area contributed by atoms with Gasteiger partial charge in [0.05, 0.1) is 18.3 Å². The van der Waals surface area contributed by atoms with E-state index < -0.39 is 0 Å². The Morgan fingerprint density at radius 1 is 1.17 bits per heavy atom. The Hall–Kier alpha value is -2.29. The second-order valence-corrected chi connectivity index (χ2v) is 9.27. The number of nitrogens with zero attached hydrogens (tertiary/aromatic N) is 2. The highest BCUT2D eigenvalue weighted by Gasteiger charge is 2.28. The molecule has 152 valence electrons. The molecule has 1 aliphatic rings. The number of amides is 1. The molecule has 2 aromatic rings. The maximum absolute atomic E-state index is 12.9. The predicted octanol–water partition coefficient (Wildman–Crippen LogP) is 5.49. The third-order valence-corrected chi connectivity index (χ3v) is 6.41. The molecule has 29 heavy (non-hydrogen) atoms. The summed E-state index contributed by atoms with van der Waals surface area (Å²) in [5.41, 5.74) is 2.06. The number of benzene rings is 2. The van der Waals surface area contributed by atoms with E-state index in [0.29, 0.717) is 18.9 Å². The Kier molecular flexibility index (Phi) is 7.74. The van der Waals surface area contributed by atoms with Crippen LogP contribution < -0.4 is 5.32 Å². The number of carbonyl (C=O) groups excluding carboxylic acids is 1. The predicted molar refractivity (Wildman–Crippen MR) is 120 cm³/mol. The van der Waals surface area contributed by atoms with Gasteiger partial charge in [0, 0.05) is 29.2 Å². The molecular weight excluding hydrogens is 378 g/mol. The normalized spacial score (nSPS) is 15.5. The monoisotopic (exact) mass is 407 g/mol. The zero-order chi connectivity index (χ0) is 20.6. The van der Waals surface area contributed by atoms with Crippen LogP contribution in [0.2, 0.25) is 0 Å². The lowest BCUT2D eigenvalue weighted by Gasteiger charge is -2.29. The summed E-state index contributed by atoms with van der Waals surface area (Å²) >= 11 is 1.63. The summed E-state index contributed by atoms with van der Waals surface area (Å²) < 4.78 is 0. The number of anilines is 1. The van der Waals surface area contributed by atoms with Gasteiger partial charge in [-0.3, -0.25) is 9.69 Å². The number of thioether (sulfide) groups is 1. The summed E-state index contributed by atoms with van der Waals surface area (Å²) in [5, 5.41) is 12.2. The topological polar surface area (TPSA) is 56.1 Å². The zero-order valence-corrected chi connectivity index (χ0v) is 18.0. The number of rotatable bonds is 10. The first-order valence-corrected chi connectivity index (χ1v) is 11.2. The molecule has 0 heterocycles. The molecule has 0 saturated heterocycles. The van der Waals surface area contributed by atoms with Gasteiger partial charge in [-0.1, -0.05) is 49.4 Å². The van der Waals surface area contributed by atoms with E-state index in [1.54, 1.807) is 11.8 Å². The van der Waals surface area contributed by atoms with Crippen molar-refractivity contribution in [2.75, 3.05) is 18.4 Å². The third kappa shape index (κ3) is 6.62. The number of nitrogens with one attached hydrogen (secondary N) is 1. The molecule has 1 aliphatic carbocycles. The molecule has 2 aromatic carbocycles. The maximum Gasteiger partial charge on any atom is 0.238 e. The van der Waals surface area contributed by atoms with E-state index in [2.05, 4.69) is 47.5 Å². The van der Waals surface area contributed by atoms with Crippen LogP contribution in [0, 0.1) is 17.2 Å². The van der Waals surface area contributed by atoms with E-state index in [1.165, 1.54) is 18.4 Å². The van der Waals surface area contributed by atoms with Crippen LogP contribution in [0.1, 0.15) is 44.7 Å². The molecule has 1 amide bonds. The fourth-order valence-electron chi connectivity index (χ4n) is 3.37. The van der Waals surface area contributed by atoms with Gasteiger partial charge in [-0.25, -0.2) is 0 Å². The third-order valence-electron chi connectivity index (χ3n) is 5.23. The average molecular weight is 408 g/mol. The number of hydrogen-bond acceptors (Lipinski definition) is 4. The van der Waals surface area contributed by atoms with Crippen LogP contribution >= 0.6 is 11.8 Å². The van der Waals surface area contributed by atoms with Gasteiger partial charge >= 0.3 is 0 Å². The lowest BCUT2D eigenvalue weighted by Crippen LogP contribution is -2.36. The van der Waals surface area contributed by atoms with Gasteiger partial charge in [0.25, 0.3) is 0 Å². The van der Waals surface area contributed by atoms with Gasteiger partial charge < -0.3 is 5.32 Å². The minimum Gasteiger partial charge on any atom is -0.324 e. The Morgan fingerprint density at radius 2 is 1.86 bits per heavy atom. The van der Waals surface area contributed by atoms with E-state index in [1.807, 2.05) is 37.3 Å². The summed E-state index contributed by atoms with van der Waals surface area (Å²) in [6.45, 7) is 5.54. The fourth-order valence-corrected chi connectivity index (χ4v) is 4.36. The van der Waals surface area contributed by atoms with Crippen LogP contribution in [0.3, 0.4) is 0 Å². The molecular formula is C24H29N3OS. The molecule has 0 aliphatic heterocycles. The van der Waals surface area contributed by atoms with Crippen molar-refractivity contribution in [3.8, 4) is 6.07 Å². The zero-order valence-electron chi connectivity index (χ0n) is 17.2. The summed E-state index contributed by atoms with van der Waals surface area (Å²) in [5.74, 6) is 0.720. The highest BCUT2D eigenvalue weighted by Crippen LogP contribution is 2.33. The Labute approximate surface area is 178 Å². The molecule has 1 saturated carbocycles. The average Bonchev–Trinajstić information content (AvgIpc) is 3.53. The first-order chi connectivity index (χ1) is 14.1. The molecule has 5 heteroatoms. The SMILES string of the molecule is CC(CC#N)Sc1ccccc1NC(=O)CN(CC1CC1)C(C)c1ccccc1. The lowest BCUT2D eigenvalue weighted by atomic mass is 10.1. The maximum atomic E-state index is 12.9. The van der Waals surface area contributed by atoms with Crippen LogP contribution in [0.15, 0.2) is 59.5 Å². The largest absolute Gasteiger partial charge is 0.324 e. The number of nitriles is 1. The van der Waals surface area contributed by atoms with Gasteiger partial charge in [-0.15, -0.1) is 11.8 Å². The summed E-state index contributed by atoms with van der Waals surface area (Å²) in [6.07, 6.45) is 3.00. The van der Waals surface area contributed by atoms with Crippen LogP contribution in [0.25, 0.3) is 0 Å². The fraction of sp³-hybridized carbons (Fsp3) is 0.417. The second kappa shape index (κ2) is 10.5. The standard InChI is InChI=1S/C24H29N3OS/c1-18(14-15-25)29-23-11-7-6-10-22(23)26-24(28)17-27(16-20-12-13-20)19(2)21-8-4-3-5-9-21/h3-11,18-20H,12-14,16-17H2,1-2H3,(H,26,28). The Balaban J connectivity index is 1.67. The van der Waals surface area contributed by atoms with Gasteiger partial charge in [-0.05, 0) is 43.4 Å². The van der Waals surface area contributed by atoms with Crippen molar-refractivity contribution in [1.82, 2.24) is 4.90 Å². The highest BCUT2D eigenvalue weighted by molar-refractivity contribution is 8.00. The molecule has 0 aromatic heterocycles. The number of para-hydroxylation sites is 1. The van der Waals surface area contributed by atoms with E-state index in [-0.39, 0.29) is 17.2 Å². The van der Waals surface area contributed by atoms with E-state index in [0.717, 1.165) is 17.1 Å². The quantitative estimate of drug-likeness (QED) is 0.529. The highest BCUT2D eigenvalue weighted by atomic mass is 32.2. The van der Waals surface area contributed by atoms with Crippen molar-refractivity contribution in [1.29, 1.82) is 5.26 Å². The molecule has 3 rings (SSSR count). The summed E-state index contributed by atoms with van der Waals surface area (Å²) in [7, 11) is 0. The molecule has 1 fully saturated rings. The molecule has 2 unspecified atom stereocenters. The van der Waals surface area contributed by atoms with Crippen molar-refractivity contribution in [3.63, 3.8) is 0 Å². The van der Waals surface area contributed by atoms with Crippen molar-refractivity contribution in [2.24, 2.45) is 5.92 Å². The van der Waals surface area contributed by atoms with E-state index in [9.17, 15) is 4.79 Å². The smallest absolute Gasteiger partial charge is 0.238 e. The second-order valence-electron chi connectivity index (χ2n) is 7.79. The first kappa shape index (κ1) is 21.4. The Morgan fingerprint density at radius 3 is 2.55 bits per heavy atom. The van der Waals surface area contributed by atoms with Gasteiger partial charge in [0.15, 0.2) is 0 Å². The molecule has 1 N–H and O–H groups in total. The molecule has 4 nitrogen and oxygen atoms in total. The number of carbonyl (C=O) groups is 1. The van der Waals surface area contributed by atoms with E-state index in [4.69, 9.17) is 5.26 Å². The van der Waals surface area contributed by atoms with Crippen molar-refractivity contribution in [3.05, 3.63) is 60.2 Å². The summed E-state index contributed by atoms with van der Waals surface area (Å²) in [4.78, 5) is 16.2. The lowest BCUT2D eigenvalue weighted by molar-refractivity contribution is -0.117. The summed E-state index contributed by atoms with van der Waals surface area (Å²) in [6, 6.07) is 20.6. The van der Waals surface area contributed by atoms with Gasteiger partial charge in [0.2, 0.25) is 5.91 Å². The minimum atomic E-state index is 0.00872. The molecule has 0 radical (unpaired) electrons. The van der Waals surface area contributed by atoms with Crippen molar-refractivity contribution in [2.45, 2.75) is 49.3 Å². The molecule has 0 bridgehead atoms. The van der Waals surface area contributed by atoms with Crippen LogP contribution in [-0.2, 0) is 4.79 Å². The van der Waals surface area contributed by atoms with Crippen LogP contribution in [-0.4, -0.2) is 29.1 Å². The molecule has 0 spiro atoms. The van der Waals surface area contributed by atoms with Crippen LogP contribution in [0.5, 0.6) is 0 Å². The van der Waals surface area contributed by atoms with Crippen LogP contribution in [0.4, 0.5) is 5.69 Å². The number of hydrogen-bond donors (Lipinski definition) is 1. The Bertz CT molecular complexity index is 845. The minimum absolute atomic E-state index is 0.00872. The van der Waals surface area contributed by atoms with Gasteiger partial charge in [0.1, 0.15) is 0 Å². The van der Waals surface area contributed by atoms with Crippen molar-refractivity contribution >= 4 is 23.4 Å².